The molecular weight excluding hydrogens is 439 g/mol. The smallest absolute Gasteiger partial charge is 0.356 e. The van der Waals surface area contributed by atoms with Gasteiger partial charge in [0, 0.05) is 20.1 Å². The molecule has 1 aromatic rings. The summed E-state index contributed by atoms with van der Waals surface area (Å²) < 4.78 is 49.6. The van der Waals surface area contributed by atoms with Crippen molar-refractivity contribution in [1.29, 1.82) is 0 Å². The third kappa shape index (κ3) is 10.6. The Kier molecular flexibility index (Phi) is 10.9. The van der Waals surface area contributed by atoms with E-state index in [1.165, 1.54) is 24.1 Å². The minimum atomic E-state index is -4.18. The van der Waals surface area contributed by atoms with E-state index in [1.54, 1.807) is 19.2 Å². The van der Waals surface area contributed by atoms with E-state index in [4.69, 9.17) is 0 Å². The lowest BCUT2D eigenvalue weighted by atomic mass is 10.2. The van der Waals surface area contributed by atoms with Gasteiger partial charge in [0.1, 0.15) is 5.82 Å². The van der Waals surface area contributed by atoms with Crippen LogP contribution in [0.4, 0.5) is 17.6 Å². The van der Waals surface area contributed by atoms with Gasteiger partial charge < -0.3 is 10.6 Å². The number of nitrogens with zero attached hydrogens (tertiary/aromatic N) is 2. The number of halogens is 5. The fourth-order valence-electron chi connectivity index (χ4n) is 1.99. The second-order valence-corrected chi connectivity index (χ2v) is 5.19. The van der Waals surface area contributed by atoms with Crippen LogP contribution >= 0.6 is 24.0 Å². The maximum atomic E-state index is 13.1. The lowest BCUT2D eigenvalue weighted by Crippen LogP contribution is -2.39. The highest BCUT2D eigenvalue weighted by molar-refractivity contribution is 14.0. The van der Waals surface area contributed by atoms with Gasteiger partial charge in [0.25, 0.3) is 0 Å². The summed E-state index contributed by atoms with van der Waals surface area (Å²) in [5.74, 6) is 0.215. The van der Waals surface area contributed by atoms with Crippen molar-refractivity contribution >= 4 is 29.9 Å². The van der Waals surface area contributed by atoms with Gasteiger partial charge in [-0.25, -0.2) is 4.39 Å². The standard InChI is InChI=1S/C15H22F4N4.HI/c1-20-14(22-10-12-5-3-6-13(16)9-12)21-7-4-8-23(2)11-15(17,18)19;/h3,5-6,9H,4,7-8,10-11H2,1-2H3,(H2,20,21,22);1H. The fourth-order valence-corrected chi connectivity index (χ4v) is 1.99. The molecule has 0 radical (unpaired) electrons. The summed E-state index contributed by atoms with van der Waals surface area (Å²) in [7, 11) is 3.03. The van der Waals surface area contributed by atoms with Gasteiger partial charge >= 0.3 is 6.18 Å². The van der Waals surface area contributed by atoms with Crippen LogP contribution in [0.2, 0.25) is 0 Å². The molecule has 0 spiro atoms. The molecule has 0 aliphatic heterocycles. The molecule has 24 heavy (non-hydrogen) atoms. The lowest BCUT2D eigenvalue weighted by molar-refractivity contribution is -0.143. The minimum absolute atomic E-state index is 0. The van der Waals surface area contributed by atoms with E-state index in [9.17, 15) is 17.6 Å². The summed E-state index contributed by atoms with van der Waals surface area (Å²) in [6.45, 7) is 0.309. The fraction of sp³-hybridized carbons (Fsp3) is 0.533. The quantitative estimate of drug-likeness (QED) is 0.215. The molecule has 1 rings (SSSR count). The number of rotatable bonds is 7. The van der Waals surface area contributed by atoms with Crippen molar-refractivity contribution in [2.24, 2.45) is 4.99 Å². The number of guanidine groups is 1. The normalized spacial score (nSPS) is 12.0. The van der Waals surface area contributed by atoms with E-state index >= 15 is 0 Å². The maximum Gasteiger partial charge on any atom is 0.401 e. The molecule has 0 heterocycles. The number of alkyl halides is 3. The zero-order valence-corrected chi connectivity index (χ0v) is 16.0. The predicted molar refractivity (Wildman–Crippen MR) is 98.2 cm³/mol. The van der Waals surface area contributed by atoms with Crippen LogP contribution in [0.5, 0.6) is 0 Å². The van der Waals surface area contributed by atoms with E-state index in [-0.39, 0.29) is 29.8 Å². The van der Waals surface area contributed by atoms with Crippen molar-refractivity contribution < 1.29 is 17.6 Å². The average molecular weight is 462 g/mol. The molecule has 0 aromatic heterocycles. The van der Waals surface area contributed by atoms with Crippen LogP contribution in [0.1, 0.15) is 12.0 Å². The second-order valence-electron chi connectivity index (χ2n) is 5.19. The molecule has 4 nitrogen and oxygen atoms in total. The molecule has 1 aromatic carbocycles. The van der Waals surface area contributed by atoms with E-state index in [0.29, 0.717) is 32.0 Å². The summed E-state index contributed by atoms with van der Waals surface area (Å²) in [6.07, 6.45) is -3.63. The summed E-state index contributed by atoms with van der Waals surface area (Å²) in [6, 6.07) is 6.20. The molecule has 0 aliphatic rings. The Morgan fingerprint density at radius 3 is 2.54 bits per heavy atom. The van der Waals surface area contributed by atoms with E-state index < -0.39 is 12.7 Å². The summed E-state index contributed by atoms with van der Waals surface area (Å²) in [4.78, 5) is 5.24. The van der Waals surface area contributed by atoms with Crippen molar-refractivity contribution in [2.75, 3.05) is 33.7 Å². The van der Waals surface area contributed by atoms with Crippen LogP contribution < -0.4 is 10.6 Å². The Morgan fingerprint density at radius 1 is 1.25 bits per heavy atom. The van der Waals surface area contributed by atoms with Gasteiger partial charge in [-0.2, -0.15) is 13.2 Å². The first kappa shape index (κ1) is 22.9. The first-order chi connectivity index (χ1) is 10.8. The summed E-state index contributed by atoms with van der Waals surface area (Å²) >= 11 is 0. The Balaban J connectivity index is 0.00000529. The molecule has 2 N–H and O–H groups in total. The first-order valence-corrected chi connectivity index (χ1v) is 7.24. The van der Waals surface area contributed by atoms with Gasteiger partial charge in [0.2, 0.25) is 0 Å². The van der Waals surface area contributed by atoms with Crippen molar-refractivity contribution in [2.45, 2.75) is 19.1 Å². The highest BCUT2D eigenvalue weighted by Gasteiger charge is 2.28. The van der Waals surface area contributed by atoms with Gasteiger partial charge in [-0.05, 0) is 37.7 Å². The highest BCUT2D eigenvalue weighted by atomic mass is 127. The van der Waals surface area contributed by atoms with E-state index in [1.807, 2.05) is 0 Å². The molecule has 0 atom stereocenters. The van der Waals surface area contributed by atoms with E-state index in [2.05, 4.69) is 15.6 Å². The number of nitrogens with one attached hydrogen (secondary N) is 2. The molecule has 0 saturated carbocycles. The number of hydrogen-bond acceptors (Lipinski definition) is 2. The van der Waals surface area contributed by atoms with Crippen LogP contribution in [-0.2, 0) is 6.54 Å². The number of aliphatic imine (C=N–C) groups is 1. The average Bonchev–Trinajstić information content (AvgIpc) is 2.44. The zero-order chi connectivity index (χ0) is 17.3. The minimum Gasteiger partial charge on any atom is -0.356 e. The van der Waals surface area contributed by atoms with Gasteiger partial charge in [0.05, 0.1) is 6.54 Å². The monoisotopic (exact) mass is 462 g/mol. The van der Waals surface area contributed by atoms with Crippen LogP contribution in [0.15, 0.2) is 29.3 Å². The second kappa shape index (κ2) is 11.5. The number of hydrogen-bond donors (Lipinski definition) is 2. The molecule has 0 fully saturated rings. The Hall–Kier alpha value is -1.10. The summed E-state index contributed by atoms with van der Waals surface area (Å²) in [5.41, 5.74) is 0.776. The van der Waals surface area contributed by atoms with Crippen molar-refractivity contribution in [3.8, 4) is 0 Å². The molecule has 0 aliphatic carbocycles. The molecule has 0 bridgehead atoms. The Labute approximate surface area is 156 Å². The molecule has 0 saturated heterocycles. The zero-order valence-electron chi connectivity index (χ0n) is 13.7. The van der Waals surface area contributed by atoms with Crippen LogP contribution in [-0.4, -0.2) is 50.8 Å². The SMILES string of the molecule is CN=C(NCCCN(C)CC(F)(F)F)NCc1cccc(F)c1.I. The van der Waals surface area contributed by atoms with Crippen LogP contribution in [0.3, 0.4) is 0 Å². The first-order valence-electron chi connectivity index (χ1n) is 7.24. The van der Waals surface area contributed by atoms with Crippen LogP contribution in [0, 0.1) is 5.82 Å². The van der Waals surface area contributed by atoms with Crippen molar-refractivity contribution in [3.63, 3.8) is 0 Å². The Bertz CT molecular complexity index is 508. The molecular formula is C15H23F4IN4. The van der Waals surface area contributed by atoms with Crippen molar-refractivity contribution in [3.05, 3.63) is 35.6 Å². The summed E-state index contributed by atoms with van der Waals surface area (Å²) in [5, 5.41) is 6.03. The third-order valence-corrected chi connectivity index (χ3v) is 3.03. The largest absolute Gasteiger partial charge is 0.401 e. The van der Waals surface area contributed by atoms with E-state index in [0.717, 1.165) is 5.56 Å². The highest BCUT2D eigenvalue weighted by Crippen LogP contribution is 2.15. The van der Waals surface area contributed by atoms with Gasteiger partial charge in [-0.3, -0.25) is 9.89 Å². The van der Waals surface area contributed by atoms with Gasteiger partial charge in [0.15, 0.2) is 5.96 Å². The predicted octanol–water partition coefficient (Wildman–Crippen LogP) is 2.99. The Morgan fingerprint density at radius 2 is 1.96 bits per heavy atom. The topological polar surface area (TPSA) is 39.7 Å². The lowest BCUT2D eigenvalue weighted by Gasteiger charge is -2.19. The van der Waals surface area contributed by atoms with Gasteiger partial charge in [-0.1, -0.05) is 12.1 Å². The molecule has 0 amide bonds. The maximum absolute atomic E-state index is 13.1. The van der Waals surface area contributed by atoms with Crippen LogP contribution in [0.25, 0.3) is 0 Å². The van der Waals surface area contributed by atoms with Crippen molar-refractivity contribution in [1.82, 2.24) is 15.5 Å². The number of benzene rings is 1. The van der Waals surface area contributed by atoms with Gasteiger partial charge in [-0.15, -0.1) is 24.0 Å². The molecule has 138 valence electrons. The molecule has 9 heteroatoms. The third-order valence-electron chi connectivity index (χ3n) is 3.03. The molecule has 0 unspecified atom stereocenters.